The van der Waals surface area contributed by atoms with Crippen LogP contribution in [-0.2, 0) is 13.1 Å². The van der Waals surface area contributed by atoms with Crippen LogP contribution in [0.3, 0.4) is 0 Å². The van der Waals surface area contributed by atoms with Crippen molar-refractivity contribution in [2.45, 2.75) is 58.7 Å². The van der Waals surface area contributed by atoms with Crippen molar-refractivity contribution in [1.82, 2.24) is 10.2 Å². The predicted octanol–water partition coefficient (Wildman–Crippen LogP) is 3.17. The van der Waals surface area contributed by atoms with Gasteiger partial charge in [0.2, 0.25) is 0 Å². The Morgan fingerprint density at radius 3 is 2.59 bits per heavy atom. The lowest BCUT2D eigenvalue weighted by Crippen LogP contribution is -2.35. The summed E-state index contributed by atoms with van der Waals surface area (Å²) in [7, 11) is 0. The first kappa shape index (κ1) is 17.5. The van der Waals surface area contributed by atoms with Crippen LogP contribution < -0.4 is 5.32 Å². The van der Waals surface area contributed by atoms with Crippen LogP contribution in [0.5, 0.6) is 0 Å². The zero-order chi connectivity index (χ0) is 15.8. The Morgan fingerprint density at radius 2 is 1.91 bits per heavy atom. The molecule has 1 atom stereocenters. The van der Waals surface area contributed by atoms with Crippen LogP contribution in [0.25, 0.3) is 0 Å². The van der Waals surface area contributed by atoms with Crippen LogP contribution in [-0.4, -0.2) is 35.7 Å². The number of likely N-dealkylation sites (tertiary alicyclic amines) is 1. The summed E-state index contributed by atoms with van der Waals surface area (Å²) in [6.45, 7) is 9.66. The van der Waals surface area contributed by atoms with E-state index in [0.717, 1.165) is 51.5 Å². The number of aliphatic hydroxyl groups is 1. The molecule has 1 heterocycles. The molecule has 2 rings (SSSR count). The fraction of sp³-hybridized carbons (Fsp3) is 0.684. The van der Waals surface area contributed by atoms with Crippen LogP contribution in [0.4, 0.5) is 0 Å². The minimum Gasteiger partial charge on any atom is -0.393 e. The predicted molar refractivity (Wildman–Crippen MR) is 92.7 cm³/mol. The summed E-state index contributed by atoms with van der Waals surface area (Å²) in [4.78, 5) is 2.46. The molecule has 1 unspecified atom stereocenters. The van der Waals surface area contributed by atoms with Crippen molar-refractivity contribution in [1.29, 1.82) is 0 Å². The van der Waals surface area contributed by atoms with Gasteiger partial charge in [-0.3, -0.25) is 4.90 Å². The van der Waals surface area contributed by atoms with E-state index in [1.54, 1.807) is 0 Å². The second-order valence-electron chi connectivity index (χ2n) is 6.80. The van der Waals surface area contributed by atoms with Crippen LogP contribution in [0.1, 0.15) is 50.7 Å². The molecule has 22 heavy (non-hydrogen) atoms. The second-order valence-corrected chi connectivity index (χ2v) is 6.80. The van der Waals surface area contributed by atoms with E-state index in [0.29, 0.717) is 0 Å². The van der Waals surface area contributed by atoms with Gasteiger partial charge in [-0.15, -0.1) is 0 Å². The van der Waals surface area contributed by atoms with Gasteiger partial charge in [-0.25, -0.2) is 0 Å². The Kier molecular flexibility index (Phi) is 7.37. The number of benzene rings is 1. The van der Waals surface area contributed by atoms with Crippen molar-refractivity contribution in [3.63, 3.8) is 0 Å². The highest BCUT2D eigenvalue weighted by Crippen LogP contribution is 2.16. The lowest BCUT2D eigenvalue weighted by atomic mass is 10.0. The minimum absolute atomic E-state index is 0.0896. The third-order valence-electron chi connectivity index (χ3n) is 4.66. The van der Waals surface area contributed by atoms with Crippen molar-refractivity contribution in [3.05, 3.63) is 35.4 Å². The first-order valence-electron chi connectivity index (χ1n) is 8.87. The lowest BCUT2D eigenvalue weighted by Gasteiger charge is -2.30. The van der Waals surface area contributed by atoms with Crippen LogP contribution in [0, 0.1) is 5.92 Å². The van der Waals surface area contributed by atoms with E-state index < -0.39 is 0 Å². The smallest absolute Gasteiger partial charge is 0.0564 e. The summed E-state index contributed by atoms with van der Waals surface area (Å²) < 4.78 is 0. The van der Waals surface area contributed by atoms with Gasteiger partial charge >= 0.3 is 0 Å². The Labute approximate surface area is 135 Å². The summed E-state index contributed by atoms with van der Waals surface area (Å²) in [5, 5.41) is 13.2. The maximum Gasteiger partial charge on any atom is 0.0564 e. The maximum atomic E-state index is 9.62. The SMILES string of the molecule is CCCC(C)CNCc1ccccc1CN1CCC(O)CC1. The molecular formula is C19H32N2O. The van der Waals surface area contributed by atoms with Gasteiger partial charge in [-0.2, -0.15) is 0 Å². The summed E-state index contributed by atoms with van der Waals surface area (Å²) >= 11 is 0. The van der Waals surface area contributed by atoms with Crippen molar-refractivity contribution < 1.29 is 5.11 Å². The molecule has 3 heteroatoms. The van der Waals surface area contributed by atoms with E-state index in [2.05, 4.69) is 48.3 Å². The molecule has 2 N–H and O–H groups in total. The number of nitrogens with zero attached hydrogens (tertiary/aromatic N) is 1. The third kappa shape index (κ3) is 5.71. The zero-order valence-corrected chi connectivity index (χ0v) is 14.2. The lowest BCUT2D eigenvalue weighted by molar-refractivity contribution is 0.0791. The van der Waals surface area contributed by atoms with E-state index >= 15 is 0 Å². The molecular weight excluding hydrogens is 272 g/mol. The van der Waals surface area contributed by atoms with E-state index in [-0.39, 0.29) is 6.10 Å². The van der Waals surface area contributed by atoms with Crippen LogP contribution >= 0.6 is 0 Å². The molecule has 0 amide bonds. The molecule has 1 fully saturated rings. The molecule has 1 saturated heterocycles. The molecule has 0 aromatic heterocycles. The molecule has 1 aliphatic rings. The summed E-state index contributed by atoms with van der Waals surface area (Å²) in [6.07, 6.45) is 4.29. The maximum absolute atomic E-state index is 9.62. The molecule has 0 aliphatic carbocycles. The van der Waals surface area contributed by atoms with Crippen molar-refractivity contribution in [2.24, 2.45) is 5.92 Å². The summed E-state index contributed by atoms with van der Waals surface area (Å²) in [5.41, 5.74) is 2.84. The van der Waals surface area contributed by atoms with Crippen LogP contribution in [0.2, 0.25) is 0 Å². The number of hydrogen-bond donors (Lipinski definition) is 2. The highest BCUT2D eigenvalue weighted by atomic mass is 16.3. The Bertz CT molecular complexity index is 427. The molecule has 1 aliphatic heterocycles. The second kappa shape index (κ2) is 9.29. The molecule has 0 spiro atoms. The average molecular weight is 304 g/mol. The van der Waals surface area contributed by atoms with Crippen molar-refractivity contribution in [2.75, 3.05) is 19.6 Å². The Hall–Kier alpha value is -0.900. The Morgan fingerprint density at radius 1 is 1.23 bits per heavy atom. The van der Waals surface area contributed by atoms with E-state index in [4.69, 9.17) is 0 Å². The first-order valence-corrected chi connectivity index (χ1v) is 8.87. The fourth-order valence-electron chi connectivity index (χ4n) is 3.25. The van der Waals surface area contributed by atoms with E-state index in [1.807, 2.05) is 0 Å². The normalized spacial score (nSPS) is 18.5. The summed E-state index contributed by atoms with van der Waals surface area (Å²) in [5.74, 6) is 0.751. The number of rotatable bonds is 8. The number of aliphatic hydroxyl groups excluding tert-OH is 1. The number of nitrogens with one attached hydrogen (secondary N) is 1. The molecule has 0 bridgehead atoms. The highest BCUT2D eigenvalue weighted by Gasteiger charge is 2.17. The zero-order valence-electron chi connectivity index (χ0n) is 14.2. The van der Waals surface area contributed by atoms with Gasteiger partial charge in [0.1, 0.15) is 0 Å². The largest absolute Gasteiger partial charge is 0.393 e. The topological polar surface area (TPSA) is 35.5 Å². The van der Waals surface area contributed by atoms with Crippen LogP contribution in [0.15, 0.2) is 24.3 Å². The molecule has 3 nitrogen and oxygen atoms in total. The number of hydrogen-bond acceptors (Lipinski definition) is 3. The molecule has 0 saturated carbocycles. The Balaban J connectivity index is 1.84. The number of piperidine rings is 1. The molecule has 1 aromatic rings. The summed E-state index contributed by atoms with van der Waals surface area (Å²) in [6, 6.07) is 8.76. The van der Waals surface area contributed by atoms with E-state index in [1.165, 1.54) is 24.0 Å². The van der Waals surface area contributed by atoms with Gasteiger partial charge in [0.05, 0.1) is 6.10 Å². The molecule has 1 aromatic carbocycles. The van der Waals surface area contributed by atoms with Gasteiger partial charge in [0, 0.05) is 26.2 Å². The van der Waals surface area contributed by atoms with Crippen molar-refractivity contribution >= 4 is 0 Å². The first-order chi connectivity index (χ1) is 10.7. The van der Waals surface area contributed by atoms with Gasteiger partial charge in [0.15, 0.2) is 0 Å². The van der Waals surface area contributed by atoms with Gasteiger partial charge in [-0.05, 0) is 42.9 Å². The molecule has 0 radical (unpaired) electrons. The minimum atomic E-state index is -0.0896. The fourth-order valence-corrected chi connectivity index (χ4v) is 3.25. The van der Waals surface area contributed by atoms with Crippen molar-refractivity contribution in [3.8, 4) is 0 Å². The van der Waals surface area contributed by atoms with E-state index in [9.17, 15) is 5.11 Å². The monoisotopic (exact) mass is 304 g/mol. The average Bonchev–Trinajstić information content (AvgIpc) is 2.51. The van der Waals surface area contributed by atoms with Gasteiger partial charge in [0.25, 0.3) is 0 Å². The standard InChI is InChI=1S/C19H32N2O/c1-3-6-16(2)13-20-14-17-7-4-5-8-18(17)15-21-11-9-19(22)10-12-21/h4-5,7-8,16,19-20,22H,3,6,9-15H2,1-2H3. The third-order valence-corrected chi connectivity index (χ3v) is 4.66. The van der Waals surface area contributed by atoms with Gasteiger partial charge < -0.3 is 10.4 Å². The van der Waals surface area contributed by atoms with Gasteiger partial charge in [-0.1, -0.05) is 44.5 Å². The highest BCUT2D eigenvalue weighted by molar-refractivity contribution is 5.27. The molecule has 124 valence electrons. The quantitative estimate of drug-likeness (QED) is 0.774.